The minimum Gasteiger partial charge on any atom is -0.386 e. The van der Waals surface area contributed by atoms with E-state index in [1.54, 1.807) is 0 Å². The highest BCUT2D eigenvalue weighted by Crippen LogP contribution is 2.37. The van der Waals surface area contributed by atoms with Crippen LogP contribution in [0.25, 0.3) is 0 Å². The van der Waals surface area contributed by atoms with Gasteiger partial charge in [-0.1, -0.05) is 0 Å². The Balaban J connectivity index is 3.14. The van der Waals surface area contributed by atoms with Gasteiger partial charge in [0.1, 0.15) is 0 Å². The summed E-state index contributed by atoms with van der Waals surface area (Å²) in [6.45, 7) is 1.21. The van der Waals surface area contributed by atoms with Crippen LogP contribution in [0.5, 0.6) is 5.88 Å². The summed E-state index contributed by atoms with van der Waals surface area (Å²) in [5, 5.41) is 0. The van der Waals surface area contributed by atoms with Gasteiger partial charge in [-0.25, -0.2) is 9.55 Å². The van der Waals surface area contributed by atoms with Crippen molar-refractivity contribution < 1.29 is 32.0 Å². The Morgan fingerprint density at radius 1 is 1.38 bits per heavy atom. The predicted octanol–water partition coefficient (Wildman–Crippen LogP) is 1.28. The van der Waals surface area contributed by atoms with Crippen molar-refractivity contribution >= 4 is 7.82 Å². The summed E-state index contributed by atoms with van der Waals surface area (Å²) in [5.74, 6) is -2.34. The molecule has 0 aliphatic carbocycles. The number of phosphoric ester groups is 1. The molecule has 0 amide bonds. The average molecular weight is 258 g/mol. The smallest absolute Gasteiger partial charge is 0.386 e. The molecule has 0 atom stereocenters. The molecule has 1 aromatic rings. The first-order chi connectivity index (χ1) is 7.08. The van der Waals surface area contributed by atoms with Crippen LogP contribution in [0, 0.1) is 6.92 Å². The molecule has 10 heteroatoms. The number of hydrogen-bond acceptors (Lipinski definition) is 4. The Hall–Kier alpha value is -1.18. The summed E-state index contributed by atoms with van der Waals surface area (Å²) in [4.78, 5) is 22.7. The third-order valence-corrected chi connectivity index (χ3v) is 1.72. The van der Waals surface area contributed by atoms with Crippen molar-refractivity contribution in [1.29, 1.82) is 0 Å². The van der Waals surface area contributed by atoms with Crippen LogP contribution < -0.4 is 4.52 Å². The molecule has 0 saturated heterocycles. The number of hydrogen-bond donors (Lipinski definition) is 2. The normalized spacial score (nSPS) is 12.6. The Bertz CT molecular complexity index is 444. The van der Waals surface area contributed by atoms with Gasteiger partial charge in [0.25, 0.3) is 0 Å². The van der Waals surface area contributed by atoms with Gasteiger partial charge in [-0.2, -0.15) is 18.2 Å². The second kappa shape index (κ2) is 4.00. The monoisotopic (exact) mass is 258 g/mol. The summed E-state index contributed by atoms with van der Waals surface area (Å²) < 4.78 is 51.0. The molecule has 90 valence electrons. The van der Waals surface area contributed by atoms with Crippen molar-refractivity contribution in [2.45, 2.75) is 13.1 Å². The van der Waals surface area contributed by atoms with Gasteiger partial charge >= 0.3 is 14.0 Å². The summed E-state index contributed by atoms with van der Waals surface area (Å²) in [7, 11) is -4.94. The van der Waals surface area contributed by atoms with Gasteiger partial charge in [0.2, 0.25) is 11.7 Å². The molecule has 0 aliphatic heterocycles. The molecule has 0 bridgehead atoms. The topological polar surface area (TPSA) is 92.5 Å². The molecule has 0 radical (unpaired) electrons. The van der Waals surface area contributed by atoms with Crippen molar-refractivity contribution in [3.05, 3.63) is 17.6 Å². The molecule has 2 N–H and O–H groups in total. The molecule has 6 nitrogen and oxygen atoms in total. The molecule has 16 heavy (non-hydrogen) atoms. The number of aromatic nitrogens is 2. The van der Waals surface area contributed by atoms with Crippen molar-refractivity contribution in [2.24, 2.45) is 0 Å². The highest BCUT2D eigenvalue weighted by molar-refractivity contribution is 7.46. The van der Waals surface area contributed by atoms with Crippen LogP contribution in [0.15, 0.2) is 6.07 Å². The van der Waals surface area contributed by atoms with E-state index in [2.05, 4.69) is 14.5 Å². The van der Waals surface area contributed by atoms with Gasteiger partial charge in [-0.15, -0.1) is 0 Å². The maximum atomic E-state index is 12.2. The van der Waals surface area contributed by atoms with Crippen molar-refractivity contribution in [3.63, 3.8) is 0 Å². The highest BCUT2D eigenvalue weighted by Gasteiger charge is 2.35. The fourth-order valence-corrected chi connectivity index (χ4v) is 1.17. The number of rotatable bonds is 2. The van der Waals surface area contributed by atoms with Gasteiger partial charge in [-0.3, -0.25) is 9.79 Å². The third kappa shape index (κ3) is 3.76. The Kier molecular flexibility index (Phi) is 3.22. The lowest BCUT2D eigenvalue weighted by molar-refractivity contribution is -0.145. The summed E-state index contributed by atoms with van der Waals surface area (Å²) in [6.07, 6.45) is -4.81. The molecule has 1 heterocycles. The first kappa shape index (κ1) is 12.9. The van der Waals surface area contributed by atoms with Gasteiger partial charge in [-0.05, 0) is 6.92 Å². The van der Waals surface area contributed by atoms with E-state index in [9.17, 15) is 17.7 Å². The van der Waals surface area contributed by atoms with Crippen molar-refractivity contribution in [1.82, 2.24) is 9.97 Å². The molecular formula is C6H6F3N2O4P. The van der Waals surface area contributed by atoms with Gasteiger partial charge in [0, 0.05) is 11.8 Å². The zero-order valence-corrected chi connectivity index (χ0v) is 8.66. The zero-order valence-electron chi connectivity index (χ0n) is 7.76. The molecule has 0 unspecified atom stereocenters. The molecule has 0 fully saturated rings. The van der Waals surface area contributed by atoms with Crippen molar-refractivity contribution in [3.8, 4) is 5.88 Å². The first-order valence-electron chi connectivity index (χ1n) is 3.76. The largest absolute Gasteiger partial charge is 0.526 e. The number of halogens is 3. The minimum atomic E-state index is -4.94. The number of alkyl halides is 3. The molecule has 1 rings (SSSR count). The molecular weight excluding hydrogens is 252 g/mol. The van der Waals surface area contributed by atoms with Crippen LogP contribution in [0.3, 0.4) is 0 Å². The Morgan fingerprint density at radius 2 is 1.94 bits per heavy atom. The van der Waals surface area contributed by atoms with Crippen LogP contribution in [0.4, 0.5) is 13.2 Å². The van der Waals surface area contributed by atoms with E-state index < -0.39 is 25.7 Å². The molecule has 0 spiro atoms. The lowest BCUT2D eigenvalue weighted by Crippen LogP contribution is -2.12. The first-order valence-corrected chi connectivity index (χ1v) is 5.29. The standard InChI is InChI=1S/C6H6F3N2O4P/c1-3-2-4(15-16(12,13)14)11-5(10-3)6(7,8)9/h2H,1H3,(H2,12,13,14). The summed E-state index contributed by atoms with van der Waals surface area (Å²) in [6, 6.07) is 0.883. The van der Waals surface area contributed by atoms with Crippen molar-refractivity contribution in [2.75, 3.05) is 0 Å². The third-order valence-electron chi connectivity index (χ3n) is 1.30. The predicted molar refractivity (Wildman–Crippen MR) is 44.4 cm³/mol. The summed E-state index contributed by atoms with van der Waals surface area (Å²) >= 11 is 0. The second-order valence-corrected chi connectivity index (χ2v) is 3.91. The maximum absolute atomic E-state index is 12.2. The van der Waals surface area contributed by atoms with Gasteiger partial charge in [0.05, 0.1) is 0 Å². The van der Waals surface area contributed by atoms with Gasteiger partial charge in [0.15, 0.2) is 0 Å². The van der Waals surface area contributed by atoms with E-state index >= 15 is 0 Å². The van der Waals surface area contributed by atoms with Crippen LogP contribution in [-0.2, 0) is 10.7 Å². The fraction of sp³-hybridized carbons (Fsp3) is 0.333. The molecule has 0 aromatic carbocycles. The number of nitrogens with zero attached hydrogens (tertiary/aromatic N) is 2. The highest BCUT2D eigenvalue weighted by atomic mass is 31.2. The molecule has 0 saturated carbocycles. The molecule has 1 aromatic heterocycles. The zero-order chi connectivity index (χ0) is 12.6. The van der Waals surface area contributed by atoms with Crippen LogP contribution in [0.2, 0.25) is 0 Å². The quantitative estimate of drug-likeness (QED) is 0.776. The van der Waals surface area contributed by atoms with Crippen LogP contribution >= 0.6 is 7.82 Å². The maximum Gasteiger partial charge on any atom is 0.526 e. The second-order valence-electron chi connectivity index (χ2n) is 2.75. The van der Waals surface area contributed by atoms with E-state index in [0.29, 0.717) is 0 Å². The average Bonchev–Trinajstić information content (AvgIpc) is 1.97. The van der Waals surface area contributed by atoms with E-state index in [4.69, 9.17) is 9.79 Å². The Labute approximate surface area is 87.3 Å². The van der Waals surface area contributed by atoms with E-state index in [1.807, 2.05) is 0 Å². The van der Waals surface area contributed by atoms with E-state index in [1.165, 1.54) is 6.92 Å². The fourth-order valence-electron chi connectivity index (χ4n) is 0.835. The Morgan fingerprint density at radius 3 is 2.38 bits per heavy atom. The van der Waals surface area contributed by atoms with Gasteiger partial charge < -0.3 is 4.52 Å². The lowest BCUT2D eigenvalue weighted by atomic mass is 10.4. The lowest BCUT2D eigenvalue weighted by Gasteiger charge is -2.09. The number of phosphoric acid groups is 1. The van der Waals surface area contributed by atoms with E-state index in [0.717, 1.165) is 6.07 Å². The minimum absolute atomic E-state index is 0.120. The van der Waals surface area contributed by atoms with Crippen LogP contribution in [-0.4, -0.2) is 19.8 Å². The van der Waals surface area contributed by atoms with E-state index in [-0.39, 0.29) is 5.69 Å². The SMILES string of the molecule is Cc1cc(OP(=O)(O)O)nc(C(F)(F)F)n1. The summed E-state index contributed by atoms with van der Waals surface area (Å²) in [5.41, 5.74) is -0.120. The molecule has 0 aliphatic rings. The van der Waals surface area contributed by atoms with Crippen LogP contribution in [0.1, 0.15) is 11.5 Å². The number of aryl methyl sites for hydroxylation is 1.